The standard InChI is InChI=1S/C27H25NO5/c1-3-4-17-32-21-15-11-19(12-16-21)27(30)28-24-22-7-5-6-8-23(22)33-26(24)25(29)18-9-13-20(31-2)14-10-18/h5-16H,3-4,17H2,1-2H3,(H,28,30). The summed E-state index contributed by atoms with van der Waals surface area (Å²) < 4.78 is 16.7. The zero-order valence-electron chi connectivity index (χ0n) is 18.6. The van der Waals surface area contributed by atoms with Gasteiger partial charge < -0.3 is 19.2 Å². The summed E-state index contributed by atoms with van der Waals surface area (Å²) in [5, 5.41) is 3.53. The molecular formula is C27H25NO5. The molecule has 6 nitrogen and oxygen atoms in total. The van der Waals surface area contributed by atoms with Crippen molar-refractivity contribution in [3.05, 3.63) is 89.7 Å². The monoisotopic (exact) mass is 443 g/mol. The van der Waals surface area contributed by atoms with Crippen LogP contribution in [0.5, 0.6) is 11.5 Å². The second kappa shape index (κ2) is 10.0. The lowest BCUT2D eigenvalue weighted by Gasteiger charge is -2.08. The zero-order chi connectivity index (χ0) is 23.2. The predicted octanol–water partition coefficient (Wildman–Crippen LogP) is 6.10. The number of carbonyl (C=O) groups is 2. The fourth-order valence-corrected chi connectivity index (χ4v) is 3.43. The van der Waals surface area contributed by atoms with Crippen molar-refractivity contribution < 1.29 is 23.5 Å². The normalized spacial score (nSPS) is 10.7. The van der Waals surface area contributed by atoms with Crippen LogP contribution in [-0.4, -0.2) is 25.4 Å². The average molecular weight is 443 g/mol. The molecule has 168 valence electrons. The lowest BCUT2D eigenvalue weighted by molar-refractivity contribution is 0.101. The van der Waals surface area contributed by atoms with Crippen molar-refractivity contribution in [3.8, 4) is 11.5 Å². The van der Waals surface area contributed by atoms with Gasteiger partial charge in [0, 0.05) is 16.5 Å². The van der Waals surface area contributed by atoms with Gasteiger partial charge in [0.25, 0.3) is 5.91 Å². The topological polar surface area (TPSA) is 77.8 Å². The highest BCUT2D eigenvalue weighted by atomic mass is 16.5. The quantitative estimate of drug-likeness (QED) is 0.250. The Morgan fingerprint density at radius 1 is 0.879 bits per heavy atom. The van der Waals surface area contributed by atoms with Gasteiger partial charge in [-0.1, -0.05) is 25.5 Å². The van der Waals surface area contributed by atoms with E-state index in [1.54, 1.807) is 61.7 Å². The molecule has 0 saturated heterocycles. The Morgan fingerprint density at radius 2 is 1.55 bits per heavy atom. The van der Waals surface area contributed by atoms with Crippen molar-refractivity contribution in [1.29, 1.82) is 0 Å². The Bertz CT molecular complexity index is 1260. The molecule has 0 saturated carbocycles. The van der Waals surface area contributed by atoms with E-state index in [1.165, 1.54) is 0 Å². The number of nitrogens with one attached hydrogen (secondary N) is 1. The third-order valence-electron chi connectivity index (χ3n) is 5.28. The highest BCUT2D eigenvalue weighted by Gasteiger charge is 2.24. The van der Waals surface area contributed by atoms with Crippen molar-refractivity contribution in [3.63, 3.8) is 0 Å². The van der Waals surface area contributed by atoms with Gasteiger partial charge in [-0.3, -0.25) is 9.59 Å². The molecule has 0 atom stereocenters. The van der Waals surface area contributed by atoms with Crippen molar-refractivity contribution in [2.75, 3.05) is 19.0 Å². The summed E-state index contributed by atoms with van der Waals surface area (Å²) in [6.07, 6.45) is 2.03. The number of ether oxygens (including phenoxy) is 2. The van der Waals surface area contributed by atoms with Crippen LogP contribution in [0.3, 0.4) is 0 Å². The molecule has 33 heavy (non-hydrogen) atoms. The molecule has 0 radical (unpaired) electrons. The van der Waals surface area contributed by atoms with Crippen LogP contribution in [0.2, 0.25) is 0 Å². The highest BCUT2D eigenvalue weighted by molar-refractivity contribution is 6.18. The van der Waals surface area contributed by atoms with Gasteiger partial charge in [-0.15, -0.1) is 0 Å². The lowest BCUT2D eigenvalue weighted by Crippen LogP contribution is -2.14. The van der Waals surface area contributed by atoms with Crippen molar-refractivity contribution in [2.24, 2.45) is 0 Å². The number of hydrogen-bond donors (Lipinski definition) is 1. The number of unbranched alkanes of at least 4 members (excludes halogenated alkanes) is 1. The molecule has 0 spiro atoms. The molecule has 0 aliphatic rings. The van der Waals surface area contributed by atoms with Crippen molar-refractivity contribution >= 4 is 28.3 Å². The third kappa shape index (κ3) is 4.90. The van der Waals surface area contributed by atoms with E-state index in [-0.39, 0.29) is 17.5 Å². The lowest BCUT2D eigenvalue weighted by atomic mass is 10.1. The molecule has 4 aromatic rings. The SMILES string of the molecule is CCCCOc1ccc(C(=O)Nc2c(C(=O)c3ccc(OC)cc3)oc3ccccc23)cc1. The van der Waals surface area contributed by atoms with Crippen LogP contribution in [0, 0.1) is 0 Å². The van der Waals surface area contributed by atoms with Gasteiger partial charge in [0.05, 0.1) is 19.4 Å². The van der Waals surface area contributed by atoms with E-state index in [2.05, 4.69) is 12.2 Å². The second-order valence-electron chi connectivity index (χ2n) is 7.54. The number of carbonyl (C=O) groups excluding carboxylic acids is 2. The van der Waals surface area contributed by atoms with Gasteiger partial charge in [0.1, 0.15) is 17.1 Å². The average Bonchev–Trinajstić information content (AvgIpc) is 3.22. The molecule has 1 aromatic heterocycles. The Kier molecular flexibility index (Phi) is 6.74. The molecule has 3 aromatic carbocycles. The molecule has 0 fully saturated rings. The van der Waals surface area contributed by atoms with E-state index < -0.39 is 0 Å². The van der Waals surface area contributed by atoms with Gasteiger partial charge >= 0.3 is 0 Å². The number of para-hydroxylation sites is 1. The maximum absolute atomic E-state index is 13.2. The van der Waals surface area contributed by atoms with E-state index in [0.717, 1.165) is 12.8 Å². The largest absolute Gasteiger partial charge is 0.497 e. The number of methoxy groups -OCH3 is 1. The van der Waals surface area contributed by atoms with Crippen LogP contribution >= 0.6 is 0 Å². The maximum Gasteiger partial charge on any atom is 0.255 e. The summed E-state index contributed by atoms with van der Waals surface area (Å²) in [5.74, 6) is 0.763. The molecule has 0 aliphatic heterocycles. The Labute approximate surface area is 192 Å². The molecular weight excluding hydrogens is 418 g/mol. The second-order valence-corrected chi connectivity index (χ2v) is 7.54. The number of amides is 1. The molecule has 1 amide bonds. The summed E-state index contributed by atoms with van der Waals surface area (Å²) in [7, 11) is 1.56. The minimum Gasteiger partial charge on any atom is -0.497 e. The molecule has 0 bridgehead atoms. The van der Waals surface area contributed by atoms with Crippen molar-refractivity contribution in [1.82, 2.24) is 0 Å². The number of benzene rings is 3. The van der Waals surface area contributed by atoms with Gasteiger partial charge in [-0.2, -0.15) is 0 Å². The van der Waals surface area contributed by atoms with E-state index >= 15 is 0 Å². The van der Waals surface area contributed by atoms with E-state index in [4.69, 9.17) is 13.9 Å². The highest BCUT2D eigenvalue weighted by Crippen LogP contribution is 2.33. The van der Waals surface area contributed by atoms with Crippen molar-refractivity contribution in [2.45, 2.75) is 19.8 Å². The zero-order valence-corrected chi connectivity index (χ0v) is 18.6. The van der Waals surface area contributed by atoms with Crippen LogP contribution in [0.25, 0.3) is 11.0 Å². The summed E-state index contributed by atoms with van der Waals surface area (Å²) in [4.78, 5) is 26.2. The Morgan fingerprint density at radius 3 is 2.24 bits per heavy atom. The van der Waals surface area contributed by atoms with Crippen LogP contribution in [0.1, 0.15) is 46.2 Å². The summed E-state index contributed by atoms with van der Waals surface area (Å²) in [6.45, 7) is 2.74. The summed E-state index contributed by atoms with van der Waals surface area (Å²) in [5.41, 5.74) is 1.74. The van der Waals surface area contributed by atoms with Gasteiger partial charge in [0.15, 0.2) is 5.76 Å². The molecule has 6 heteroatoms. The Balaban J connectivity index is 1.61. The molecule has 0 aliphatic carbocycles. The maximum atomic E-state index is 13.2. The summed E-state index contributed by atoms with van der Waals surface area (Å²) in [6, 6.07) is 20.9. The number of rotatable bonds is 9. The first-order valence-electron chi connectivity index (χ1n) is 10.8. The van der Waals surface area contributed by atoms with Gasteiger partial charge in [-0.25, -0.2) is 0 Å². The third-order valence-corrected chi connectivity index (χ3v) is 5.28. The number of hydrogen-bond acceptors (Lipinski definition) is 5. The van der Waals surface area contributed by atoms with E-state index in [9.17, 15) is 9.59 Å². The number of furan rings is 1. The van der Waals surface area contributed by atoms with Crippen LogP contribution in [0.15, 0.2) is 77.2 Å². The van der Waals surface area contributed by atoms with Gasteiger partial charge in [0.2, 0.25) is 5.78 Å². The fraction of sp³-hybridized carbons (Fsp3) is 0.185. The van der Waals surface area contributed by atoms with Crippen LogP contribution in [0.4, 0.5) is 5.69 Å². The number of ketones is 1. The number of fused-ring (bicyclic) bond motifs is 1. The molecule has 1 heterocycles. The first-order chi connectivity index (χ1) is 16.1. The number of anilines is 1. The van der Waals surface area contributed by atoms with Gasteiger partial charge in [-0.05, 0) is 67.1 Å². The smallest absolute Gasteiger partial charge is 0.255 e. The van der Waals surface area contributed by atoms with Crippen LogP contribution in [-0.2, 0) is 0 Å². The first-order valence-corrected chi connectivity index (χ1v) is 10.8. The van der Waals surface area contributed by atoms with E-state index in [0.29, 0.717) is 45.9 Å². The van der Waals surface area contributed by atoms with E-state index in [1.807, 2.05) is 18.2 Å². The predicted molar refractivity (Wildman–Crippen MR) is 127 cm³/mol. The summed E-state index contributed by atoms with van der Waals surface area (Å²) >= 11 is 0. The van der Waals surface area contributed by atoms with Crippen LogP contribution < -0.4 is 14.8 Å². The minimum atomic E-state index is -0.342. The molecule has 0 unspecified atom stereocenters. The fourth-order valence-electron chi connectivity index (χ4n) is 3.43. The Hall–Kier alpha value is -4.06. The molecule has 1 N–H and O–H groups in total. The molecule has 4 rings (SSSR count). The first kappa shape index (κ1) is 22.1. The minimum absolute atomic E-state index is 0.0780.